The molecule has 3 aromatic rings. The lowest BCUT2D eigenvalue weighted by Crippen LogP contribution is -2.37. The Morgan fingerprint density at radius 3 is 2.80 bits per heavy atom. The van der Waals surface area contributed by atoms with Crippen LogP contribution in [0.15, 0.2) is 53.0 Å². The molecule has 1 aliphatic rings. The average Bonchev–Trinajstić information content (AvgIpc) is 3.40. The smallest absolute Gasteiger partial charge is 0.262 e. The van der Waals surface area contributed by atoms with Gasteiger partial charge in [0.2, 0.25) is 10.0 Å². The second kappa shape index (κ2) is 8.71. The number of nitrogens with one attached hydrogen (secondary N) is 1. The number of sulfonamides is 1. The molecule has 9 heteroatoms. The molecule has 3 heterocycles. The summed E-state index contributed by atoms with van der Waals surface area (Å²) in [5, 5.41) is 8.72. The van der Waals surface area contributed by atoms with E-state index < -0.39 is 10.0 Å². The summed E-state index contributed by atoms with van der Waals surface area (Å²) in [7, 11) is -3.74. The van der Waals surface area contributed by atoms with Crippen LogP contribution in [0.1, 0.15) is 32.8 Å². The number of rotatable bonds is 7. The van der Waals surface area contributed by atoms with E-state index in [-0.39, 0.29) is 15.7 Å². The fraction of sp³-hybridized carbons (Fsp3) is 0.333. The van der Waals surface area contributed by atoms with Crippen molar-refractivity contribution < 1.29 is 13.2 Å². The normalized spacial score (nSPS) is 14.4. The summed E-state index contributed by atoms with van der Waals surface area (Å²) in [4.78, 5) is 13.0. The molecule has 1 amide bonds. The van der Waals surface area contributed by atoms with Crippen LogP contribution in [0, 0.1) is 6.92 Å². The SMILES string of the molecule is Cc1cnn(CCCNC(=O)c2sccc2S(=O)(=O)N2CCc3ccccc3C2)c1. The first-order valence-corrected chi connectivity index (χ1v) is 12.2. The third kappa shape index (κ3) is 4.33. The molecule has 1 N–H and O–H groups in total. The number of hydrogen-bond donors (Lipinski definition) is 1. The van der Waals surface area contributed by atoms with Gasteiger partial charge in [-0.2, -0.15) is 9.40 Å². The molecule has 0 unspecified atom stereocenters. The molecule has 0 saturated carbocycles. The lowest BCUT2D eigenvalue weighted by Gasteiger charge is -2.28. The highest BCUT2D eigenvalue weighted by Gasteiger charge is 2.32. The average molecular weight is 445 g/mol. The Hall–Kier alpha value is -2.49. The third-order valence-corrected chi connectivity index (χ3v) is 8.09. The zero-order valence-corrected chi connectivity index (χ0v) is 18.4. The lowest BCUT2D eigenvalue weighted by atomic mass is 10.0. The van der Waals surface area contributed by atoms with Crippen LogP contribution in [-0.2, 0) is 29.5 Å². The molecule has 0 bridgehead atoms. The Balaban J connectivity index is 1.41. The van der Waals surface area contributed by atoms with E-state index in [0.717, 1.165) is 22.5 Å². The maximum atomic E-state index is 13.2. The monoisotopic (exact) mass is 444 g/mol. The van der Waals surface area contributed by atoms with E-state index in [0.29, 0.717) is 39.0 Å². The predicted octanol–water partition coefficient (Wildman–Crippen LogP) is 2.82. The number of benzene rings is 1. The Morgan fingerprint density at radius 1 is 1.23 bits per heavy atom. The topological polar surface area (TPSA) is 84.3 Å². The molecule has 1 aliphatic heterocycles. The first kappa shape index (κ1) is 20.8. The second-order valence-corrected chi connectivity index (χ2v) is 10.2. The Kier molecular flexibility index (Phi) is 6.03. The summed E-state index contributed by atoms with van der Waals surface area (Å²) < 4.78 is 29.8. The first-order valence-electron chi connectivity index (χ1n) is 9.87. The van der Waals surface area contributed by atoms with Gasteiger partial charge < -0.3 is 5.32 Å². The molecule has 7 nitrogen and oxygen atoms in total. The molecule has 0 spiro atoms. The standard InChI is InChI=1S/C21H24N4O3S2/c1-16-13-23-24(14-16)10-4-9-22-21(26)20-19(8-12-29-20)30(27,28)25-11-7-17-5-2-3-6-18(17)15-25/h2-3,5-6,8,12-14H,4,7,9-11,15H2,1H3,(H,22,26). The van der Waals surface area contributed by atoms with Gasteiger partial charge in [-0.05, 0) is 47.9 Å². The number of carbonyl (C=O) groups is 1. The molecule has 0 aliphatic carbocycles. The summed E-state index contributed by atoms with van der Waals surface area (Å²) in [6, 6.07) is 9.41. The Morgan fingerprint density at radius 2 is 2.03 bits per heavy atom. The number of nitrogens with zero attached hydrogens (tertiary/aromatic N) is 3. The number of fused-ring (bicyclic) bond motifs is 1. The maximum Gasteiger partial charge on any atom is 0.262 e. The summed E-state index contributed by atoms with van der Waals surface area (Å²) in [5.74, 6) is -0.349. The molecule has 0 saturated heterocycles. The molecule has 1 aromatic carbocycles. The van der Waals surface area contributed by atoms with Gasteiger partial charge in [0.25, 0.3) is 5.91 Å². The van der Waals surface area contributed by atoms with Crippen LogP contribution >= 0.6 is 11.3 Å². The predicted molar refractivity (Wildman–Crippen MR) is 116 cm³/mol. The van der Waals surface area contributed by atoms with Crippen molar-refractivity contribution in [3.8, 4) is 0 Å². The number of thiophene rings is 1. The van der Waals surface area contributed by atoms with Crippen LogP contribution in [0.25, 0.3) is 0 Å². The summed E-state index contributed by atoms with van der Waals surface area (Å²) in [5.41, 5.74) is 3.29. The zero-order valence-electron chi connectivity index (χ0n) is 16.7. The quantitative estimate of drug-likeness (QED) is 0.568. The van der Waals surface area contributed by atoms with E-state index in [1.165, 1.54) is 15.9 Å². The van der Waals surface area contributed by atoms with E-state index >= 15 is 0 Å². The van der Waals surface area contributed by atoms with Crippen molar-refractivity contribution in [2.45, 2.75) is 37.8 Å². The van der Waals surface area contributed by atoms with Crippen LogP contribution < -0.4 is 5.32 Å². The van der Waals surface area contributed by atoms with Crippen molar-refractivity contribution >= 4 is 27.3 Å². The molecule has 30 heavy (non-hydrogen) atoms. The van der Waals surface area contributed by atoms with Gasteiger partial charge >= 0.3 is 0 Å². The molecule has 4 rings (SSSR count). The van der Waals surface area contributed by atoms with E-state index in [4.69, 9.17) is 0 Å². The second-order valence-electron chi connectivity index (χ2n) is 7.36. The van der Waals surface area contributed by atoms with E-state index in [2.05, 4.69) is 10.4 Å². The summed E-state index contributed by atoms with van der Waals surface area (Å²) >= 11 is 1.16. The van der Waals surface area contributed by atoms with Crippen LogP contribution in [0.3, 0.4) is 0 Å². The minimum absolute atomic E-state index is 0.0899. The first-order chi connectivity index (χ1) is 14.4. The van der Waals surface area contributed by atoms with Crippen LogP contribution in [-0.4, -0.2) is 41.5 Å². The van der Waals surface area contributed by atoms with Crippen LogP contribution in [0.5, 0.6) is 0 Å². The highest BCUT2D eigenvalue weighted by Crippen LogP contribution is 2.29. The lowest BCUT2D eigenvalue weighted by molar-refractivity contribution is 0.0953. The molecule has 0 fully saturated rings. The number of carbonyl (C=O) groups excluding carboxylic acids is 1. The van der Waals surface area contributed by atoms with E-state index in [9.17, 15) is 13.2 Å². The molecule has 158 valence electrons. The highest BCUT2D eigenvalue weighted by atomic mass is 32.2. The largest absolute Gasteiger partial charge is 0.351 e. The molecular weight excluding hydrogens is 420 g/mol. The highest BCUT2D eigenvalue weighted by molar-refractivity contribution is 7.89. The summed E-state index contributed by atoms with van der Waals surface area (Å²) in [6.45, 7) is 3.87. The number of amides is 1. The van der Waals surface area contributed by atoms with Crippen molar-refractivity contribution in [3.63, 3.8) is 0 Å². The fourth-order valence-electron chi connectivity index (χ4n) is 3.59. The number of hydrogen-bond acceptors (Lipinski definition) is 5. The van der Waals surface area contributed by atoms with E-state index in [1.54, 1.807) is 11.6 Å². The van der Waals surface area contributed by atoms with Gasteiger partial charge in [0, 0.05) is 32.4 Å². The number of aryl methyl sites for hydroxylation is 2. The molecule has 0 radical (unpaired) electrons. The van der Waals surface area contributed by atoms with Gasteiger partial charge in [-0.25, -0.2) is 8.42 Å². The van der Waals surface area contributed by atoms with Crippen molar-refractivity contribution in [3.05, 3.63) is 69.7 Å². The van der Waals surface area contributed by atoms with Crippen molar-refractivity contribution in [1.29, 1.82) is 0 Å². The number of aromatic nitrogens is 2. The van der Waals surface area contributed by atoms with Crippen LogP contribution in [0.4, 0.5) is 0 Å². The molecular formula is C21H24N4O3S2. The van der Waals surface area contributed by atoms with Gasteiger partial charge in [0.1, 0.15) is 9.77 Å². The van der Waals surface area contributed by atoms with E-state index in [1.807, 2.05) is 42.1 Å². The zero-order chi connectivity index (χ0) is 21.1. The van der Waals surface area contributed by atoms with Gasteiger partial charge in [-0.1, -0.05) is 24.3 Å². The Bertz CT molecular complexity index is 1150. The minimum Gasteiger partial charge on any atom is -0.351 e. The van der Waals surface area contributed by atoms with Gasteiger partial charge in [-0.3, -0.25) is 9.48 Å². The van der Waals surface area contributed by atoms with Gasteiger partial charge in [-0.15, -0.1) is 11.3 Å². The molecule has 0 atom stereocenters. The third-order valence-electron chi connectivity index (χ3n) is 5.16. The van der Waals surface area contributed by atoms with Gasteiger partial charge in [0.15, 0.2) is 0 Å². The van der Waals surface area contributed by atoms with Crippen molar-refractivity contribution in [2.24, 2.45) is 0 Å². The molecule has 2 aromatic heterocycles. The summed E-state index contributed by atoms with van der Waals surface area (Å²) in [6.07, 6.45) is 5.13. The van der Waals surface area contributed by atoms with Crippen molar-refractivity contribution in [1.82, 2.24) is 19.4 Å². The maximum absolute atomic E-state index is 13.2. The Labute approximate surface area is 180 Å². The van der Waals surface area contributed by atoms with Crippen molar-refractivity contribution in [2.75, 3.05) is 13.1 Å². The minimum atomic E-state index is -3.74. The van der Waals surface area contributed by atoms with Gasteiger partial charge in [0.05, 0.1) is 6.20 Å². The fourth-order valence-corrected chi connectivity index (χ4v) is 6.33. The van der Waals surface area contributed by atoms with Crippen LogP contribution in [0.2, 0.25) is 0 Å².